The van der Waals surface area contributed by atoms with E-state index in [-0.39, 0.29) is 40.5 Å². The molecule has 2 N–H and O–H groups in total. The molecular weight excluding hydrogens is 744 g/mol. The van der Waals surface area contributed by atoms with Crippen LogP contribution in [0.4, 0.5) is 0 Å². The van der Waals surface area contributed by atoms with Crippen molar-refractivity contribution in [2.45, 2.75) is 172 Å². The zero-order valence-corrected chi connectivity index (χ0v) is 41.6. The molecule has 0 fully saturated rings. The summed E-state index contributed by atoms with van der Waals surface area (Å²) in [7, 11) is 0. The lowest BCUT2D eigenvalue weighted by atomic mass is 9.42. The number of unbranched alkanes of at least 4 members (excludes halogenated alkanes) is 1. The minimum Gasteiger partial charge on any atom is -0.385 e. The highest BCUT2D eigenvalue weighted by molar-refractivity contribution is 7.30. The molecule has 60 heavy (non-hydrogen) atoms. The van der Waals surface area contributed by atoms with Crippen LogP contribution in [0.3, 0.4) is 0 Å². The quantitative estimate of drug-likeness (QED) is 0.0677. The van der Waals surface area contributed by atoms with E-state index in [4.69, 9.17) is 6.58 Å². The first-order chi connectivity index (χ1) is 27.9. The van der Waals surface area contributed by atoms with E-state index < -0.39 is 0 Å². The molecule has 0 radical (unpaired) electrons. The van der Waals surface area contributed by atoms with E-state index in [1.807, 2.05) is 17.4 Å². The summed E-state index contributed by atoms with van der Waals surface area (Å²) in [6.45, 7) is 48.1. The lowest BCUT2D eigenvalue weighted by Gasteiger charge is -2.41. The van der Waals surface area contributed by atoms with Gasteiger partial charge in [-0.25, -0.2) is 0 Å². The highest BCUT2D eigenvalue weighted by Crippen LogP contribution is 2.47. The average Bonchev–Trinajstić information content (AvgIpc) is 3.58. The molecule has 4 heteroatoms. The third kappa shape index (κ3) is 12.5. The number of thiophene rings is 1. The van der Waals surface area contributed by atoms with Crippen molar-refractivity contribution in [2.24, 2.45) is 22.7 Å². The first-order valence-electron chi connectivity index (χ1n) is 23.1. The van der Waals surface area contributed by atoms with Gasteiger partial charge in [-0.1, -0.05) is 151 Å². The molecule has 1 aromatic heterocycles. The van der Waals surface area contributed by atoms with Gasteiger partial charge in [0.25, 0.3) is 6.71 Å². The number of fused-ring (bicyclic) bond motifs is 2. The molecule has 2 aliphatic rings. The molecule has 0 amide bonds. The van der Waals surface area contributed by atoms with Gasteiger partial charge in [-0.3, -0.25) is 0 Å². The van der Waals surface area contributed by atoms with Crippen LogP contribution < -0.4 is 15.4 Å². The lowest BCUT2D eigenvalue weighted by molar-refractivity contribution is 0.332. The van der Waals surface area contributed by atoms with E-state index in [0.717, 1.165) is 43.4 Å². The maximum absolute atomic E-state index is 4.71. The monoisotopic (exact) mass is 827 g/mol. The molecule has 2 aromatic rings. The number of nitrogens with one attached hydrogen (secondary N) is 2. The Labute approximate surface area is 373 Å². The Balaban J connectivity index is 2.01. The number of benzene rings is 1. The molecule has 3 atom stereocenters. The van der Waals surface area contributed by atoms with Gasteiger partial charge in [0.1, 0.15) is 0 Å². The summed E-state index contributed by atoms with van der Waals surface area (Å²) in [6.07, 6.45) is 25.5. The van der Waals surface area contributed by atoms with Gasteiger partial charge >= 0.3 is 0 Å². The first kappa shape index (κ1) is 49.2. The maximum Gasteiger partial charge on any atom is 0.250 e. The first-order valence-corrected chi connectivity index (χ1v) is 24.0. The minimum atomic E-state index is -0.109. The predicted molar refractivity (Wildman–Crippen MR) is 273 cm³/mol. The summed E-state index contributed by atoms with van der Waals surface area (Å²) in [6, 6.07) is 7.79. The van der Waals surface area contributed by atoms with Gasteiger partial charge in [0.15, 0.2) is 0 Å². The van der Waals surface area contributed by atoms with E-state index in [9.17, 15) is 0 Å². The Kier molecular flexibility index (Phi) is 16.5. The minimum absolute atomic E-state index is 0.0106. The predicted octanol–water partition coefficient (Wildman–Crippen LogP) is 15.4. The number of hydrogen-bond acceptors (Lipinski definition) is 3. The van der Waals surface area contributed by atoms with Gasteiger partial charge in [0.05, 0.1) is 6.04 Å². The smallest absolute Gasteiger partial charge is 0.250 e. The fraction of sp³-hybridized carbons (Fsp3) is 0.536. The molecule has 1 aromatic carbocycles. The Morgan fingerprint density at radius 2 is 1.60 bits per heavy atom. The summed E-state index contributed by atoms with van der Waals surface area (Å²) in [5.74, 6) is 3.47. The highest BCUT2D eigenvalue weighted by atomic mass is 32.1. The van der Waals surface area contributed by atoms with Crippen molar-refractivity contribution >= 4 is 32.9 Å². The van der Waals surface area contributed by atoms with Crippen LogP contribution in [-0.2, 0) is 10.8 Å². The molecule has 326 valence electrons. The van der Waals surface area contributed by atoms with Crippen LogP contribution in [-0.4, -0.2) is 18.8 Å². The largest absolute Gasteiger partial charge is 0.385 e. The van der Waals surface area contributed by atoms with E-state index in [1.165, 1.54) is 55.4 Å². The van der Waals surface area contributed by atoms with E-state index in [2.05, 4.69) is 194 Å². The Morgan fingerprint density at radius 1 is 0.950 bits per heavy atom. The maximum atomic E-state index is 4.71. The summed E-state index contributed by atoms with van der Waals surface area (Å²) < 4.78 is 2.72. The van der Waals surface area contributed by atoms with Crippen LogP contribution in [0.15, 0.2) is 126 Å². The van der Waals surface area contributed by atoms with Crippen LogP contribution in [0.1, 0.15) is 160 Å². The van der Waals surface area contributed by atoms with E-state index in [0.29, 0.717) is 11.8 Å². The molecule has 3 unspecified atom stereocenters. The Hall–Kier alpha value is -3.50. The van der Waals surface area contributed by atoms with Crippen molar-refractivity contribution in [3.8, 4) is 0 Å². The van der Waals surface area contributed by atoms with Crippen LogP contribution in [0, 0.1) is 22.7 Å². The second-order valence-electron chi connectivity index (χ2n) is 21.8. The second-order valence-corrected chi connectivity index (χ2v) is 22.9. The third-order valence-electron chi connectivity index (χ3n) is 13.2. The molecule has 0 saturated heterocycles. The standard InChI is InChI=1S/C56H83BN2S/c1-19-22-23-24-30-57(52-34-42-33-46-47(36-51(42)60-52)56(17,18)29-28-55(46,15)16)48(37-58-43(21-3)26-25-27-53(9,10)11)50(32-41(8)54(12,13)14)59-49-35-45(39(6)20-2)44(38(4)5)31-40(49)7/h19,21,24-25,27,30-34,36-39,43,49,58-59H,1,3,8,20,22-23,26,28-29,35H2,2,4-7,9-18H3/b27-25+,30-24+,48-37-,50-32+. The van der Waals surface area contributed by atoms with Crippen LogP contribution in [0.2, 0.25) is 0 Å². The second kappa shape index (κ2) is 20.1. The number of hydrogen-bond donors (Lipinski definition) is 2. The molecule has 2 aliphatic carbocycles. The zero-order valence-electron chi connectivity index (χ0n) is 40.8. The van der Waals surface area contributed by atoms with Crippen molar-refractivity contribution < 1.29 is 0 Å². The summed E-state index contributed by atoms with van der Waals surface area (Å²) >= 11 is 1.96. The van der Waals surface area contributed by atoms with Crippen molar-refractivity contribution in [1.29, 1.82) is 0 Å². The van der Waals surface area contributed by atoms with Crippen LogP contribution in [0.5, 0.6) is 0 Å². The molecule has 4 rings (SSSR count). The van der Waals surface area contributed by atoms with Gasteiger partial charge in [0, 0.05) is 16.4 Å². The van der Waals surface area contributed by atoms with Crippen molar-refractivity contribution in [1.82, 2.24) is 10.6 Å². The van der Waals surface area contributed by atoms with Crippen molar-refractivity contribution in [3.05, 3.63) is 137 Å². The number of rotatable bonds is 18. The SMILES string of the molecule is C=CCC/C=C/B(C(=C\NC(C=C)C/C=C/C(C)(C)C)/C(=C\C(=C)C(C)(C)C)NC1CC(C(C)CC)=C(C(C)C)C=C1C)c1cc2cc3c(cc2s1)C(C)(C)CCC3(C)C. The van der Waals surface area contributed by atoms with Gasteiger partial charge in [-0.15, -0.1) is 30.5 Å². The molecule has 1 heterocycles. The number of allylic oxidation sites excluding steroid dienone is 8. The topological polar surface area (TPSA) is 24.1 Å². The van der Waals surface area contributed by atoms with E-state index >= 15 is 0 Å². The van der Waals surface area contributed by atoms with Gasteiger partial charge < -0.3 is 10.6 Å². The normalized spacial score (nSPS) is 19.7. The highest BCUT2D eigenvalue weighted by Gasteiger charge is 2.38. The van der Waals surface area contributed by atoms with Gasteiger partial charge in [0.2, 0.25) is 0 Å². The fourth-order valence-corrected chi connectivity index (χ4v) is 9.75. The average molecular weight is 827 g/mol. The van der Waals surface area contributed by atoms with Crippen LogP contribution in [0.25, 0.3) is 10.1 Å². The Morgan fingerprint density at radius 3 is 2.17 bits per heavy atom. The van der Waals surface area contributed by atoms with Gasteiger partial charge in [-0.2, -0.15) is 0 Å². The Bertz CT molecular complexity index is 1990. The molecule has 0 aliphatic heterocycles. The zero-order chi connectivity index (χ0) is 44.8. The van der Waals surface area contributed by atoms with Gasteiger partial charge in [-0.05, 0) is 154 Å². The molecule has 2 nitrogen and oxygen atoms in total. The molecule has 0 spiro atoms. The summed E-state index contributed by atoms with van der Waals surface area (Å²) in [5.41, 5.74) is 11.3. The fourth-order valence-electron chi connectivity index (χ4n) is 8.56. The van der Waals surface area contributed by atoms with Crippen molar-refractivity contribution in [3.63, 3.8) is 0 Å². The lowest BCUT2D eigenvalue weighted by Crippen LogP contribution is -2.40. The molecule has 0 saturated carbocycles. The summed E-state index contributed by atoms with van der Waals surface area (Å²) in [4.78, 5) is 0. The van der Waals surface area contributed by atoms with E-state index in [1.54, 1.807) is 5.57 Å². The third-order valence-corrected chi connectivity index (χ3v) is 14.4. The summed E-state index contributed by atoms with van der Waals surface area (Å²) in [5, 5.41) is 9.48. The molecule has 0 bridgehead atoms. The van der Waals surface area contributed by atoms with Crippen molar-refractivity contribution in [2.75, 3.05) is 0 Å². The van der Waals surface area contributed by atoms with Crippen LogP contribution >= 0.6 is 11.3 Å². The molecular formula is C56H83BN2S.